The summed E-state index contributed by atoms with van der Waals surface area (Å²) in [4.78, 5) is 11.6. The zero-order chi connectivity index (χ0) is 13.2. The molecule has 2 atom stereocenters. The van der Waals surface area contributed by atoms with Crippen molar-refractivity contribution in [2.75, 3.05) is 18.0 Å². The van der Waals surface area contributed by atoms with Crippen LogP contribution in [0.5, 0.6) is 0 Å². The molecule has 1 aliphatic heterocycles. The van der Waals surface area contributed by atoms with E-state index in [0.717, 1.165) is 25.9 Å². The van der Waals surface area contributed by atoms with Gasteiger partial charge in [0, 0.05) is 36.4 Å². The quantitative estimate of drug-likeness (QED) is 0.783. The van der Waals surface area contributed by atoms with Gasteiger partial charge in [-0.25, -0.2) is 9.97 Å². The SMILES string of the molecule is CC1CN(c2ncnc3c2CCCCC3)CC(C)N1. The molecule has 0 spiro atoms. The molecule has 2 unspecified atom stereocenters. The molecule has 1 aliphatic carbocycles. The minimum absolute atomic E-state index is 0.528. The Balaban J connectivity index is 1.91. The van der Waals surface area contributed by atoms with Crippen molar-refractivity contribution in [1.82, 2.24) is 15.3 Å². The zero-order valence-corrected chi connectivity index (χ0v) is 12.0. The van der Waals surface area contributed by atoms with Crippen LogP contribution in [0.15, 0.2) is 6.33 Å². The van der Waals surface area contributed by atoms with Crippen LogP contribution in [0.4, 0.5) is 5.82 Å². The maximum atomic E-state index is 4.61. The predicted octanol–water partition coefficient (Wildman–Crippen LogP) is 1.93. The normalized spacial score (nSPS) is 27.8. The lowest BCUT2D eigenvalue weighted by Gasteiger charge is -2.37. The van der Waals surface area contributed by atoms with Crippen LogP contribution in [0.1, 0.15) is 44.4 Å². The third-order valence-electron chi connectivity index (χ3n) is 4.21. The molecule has 2 heterocycles. The Bertz CT molecular complexity index is 436. The van der Waals surface area contributed by atoms with Gasteiger partial charge in [0.05, 0.1) is 0 Å². The van der Waals surface area contributed by atoms with Crippen molar-refractivity contribution >= 4 is 5.82 Å². The van der Waals surface area contributed by atoms with Crippen molar-refractivity contribution in [1.29, 1.82) is 0 Å². The fourth-order valence-electron chi connectivity index (χ4n) is 3.45. The average Bonchev–Trinajstić information content (AvgIpc) is 2.62. The van der Waals surface area contributed by atoms with Crippen LogP contribution in [0.2, 0.25) is 0 Å². The Labute approximate surface area is 115 Å². The molecule has 1 fully saturated rings. The maximum absolute atomic E-state index is 4.61. The third-order valence-corrected chi connectivity index (χ3v) is 4.21. The predicted molar refractivity (Wildman–Crippen MR) is 77.6 cm³/mol. The highest BCUT2D eigenvalue weighted by Crippen LogP contribution is 2.27. The van der Waals surface area contributed by atoms with E-state index < -0.39 is 0 Å². The number of piperazine rings is 1. The first-order valence-electron chi connectivity index (χ1n) is 7.58. The molecule has 0 aromatic carbocycles. The number of hydrogen-bond donors (Lipinski definition) is 1. The summed E-state index contributed by atoms with van der Waals surface area (Å²) in [5.41, 5.74) is 2.71. The highest BCUT2D eigenvalue weighted by atomic mass is 15.3. The molecule has 104 valence electrons. The smallest absolute Gasteiger partial charge is 0.135 e. The fraction of sp³-hybridized carbons (Fsp3) is 0.733. The first-order valence-corrected chi connectivity index (χ1v) is 7.58. The van der Waals surface area contributed by atoms with Gasteiger partial charge in [-0.3, -0.25) is 0 Å². The monoisotopic (exact) mass is 260 g/mol. The largest absolute Gasteiger partial charge is 0.353 e. The van der Waals surface area contributed by atoms with Crippen molar-refractivity contribution in [3.8, 4) is 0 Å². The highest BCUT2D eigenvalue weighted by Gasteiger charge is 2.25. The minimum atomic E-state index is 0.528. The van der Waals surface area contributed by atoms with Gasteiger partial charge in [-0.15, -0.1) is 0 Å². The van der Waals surface area contributed by atoms with Crippen LogP contribution in [0.25, 0.3) is 0 Å². The van der Waals surface area contributed by atoms with Gasteiger partial charge >= 0.3 is 0 Å². The standard InChI is InChI=1S/C15H24N4/c1-11-8-19(9-12(2)18-11)15-13-6-4-3-5-7-14(13)16-10-17-15/h10-12,18H,3-9H2,1-2H3. The molecule has 0 bridgehead atoms. The molecular formula is C15H24N4. The molecule has 19 heavy (non-hydrogen) atoms. The summed E-state index contributed by atoms with van der Waals surface area (Å²) in [7, 11) is 0. The van der Waals surface area contributed by atoms with E-state index >= 15 is 0 Å². The second-order valence-electron chi connectivity index (χ2n) is 6.06. The molecule has 0 saturated carbocycles. The molecule has 4 heteroatoms. The molecule has 1 saturated heterocycles. The number of nitrogens with one attached hydrogen (secondary N) is 1. The van der Waals surface area contributed by atoms with Crippen molar-refractivity contribution < 1.29 is 0 Å². The number of hydrogen-bond acceptors (Lipinski definition) is 4. The fourth-order valence-corrected chi connectivity index (χ4v) is 3.45. The molecule has 0 radical (unpaired) electrons. The summed E-state index contributed by atoms with van der Waals surface area (Å²) < 4.78 is 0. The third kappa shape index (κ3) is 2.73. The number of aromatic nitrogens is 2. The van der Waals surface area contributed by atoms with E-state index in [1.807, 2.05) is 0 Å². The summed E-state index contributed by atoms with van der Waals surface area (Å²) in [5.74, 6) is 1.20. The number of nitrogens with zero attached hydrogens (tertiary/aromatic N) is 3. The number of fused-ring (bicyclic) bond motifs is 1. The molecule has 2 aliphatic rings. The van der Waals surface area contributed by atoms with Crippen molar-refractivity contribution in [2.24, 2.45) is 0 Å². The van der Waals surface area contributed by atoms with Crippen LogP contribution >= 0.6 is 0 Å². The van der Waals surface area contributed by atoms with Crippen molar-refractivity contribution in [2.45, 2.75) is 58.0 Å². The van der Waals surface area contributed by atoms with E-state index in [4.69, 9.17) is 0 Å². The summed E-state index contributed by atoms with van der Waals surface area (Å²) in [6, 6.07) is 1.06. The van der Waals surface area contributed by atoms with Gasteiger partial charge in [0.1, 0.15) is 12.1 Å². The van der Waals surface area contributed by atoms with Crippen LogP contribution in [-0.4, -0.2) is 35.1 Å². The molecular weight excluding hydrogens is 236 g/mol. The van der Waals surface area contributed by atoms with E-state index in [-0.39, 0.29) is 0 Å². The Kier molecular flexibility index (Phi) is 3.69. The zero-order valence-electron chi connectivity index (χ0n) is 12.0. The Morgan fingerprint density at radius 1 is 1.05 bits per heavy atom. The Hall–Kier alpha value is -1.16. The minimum Gasteiger partial charge on any atom is -0.353 e. The van der Waals surface area contributed by atoms with E-state index in [2.05, 4.69) is 34.0 Å². The van der Waals surface area contributed by atoms with E-state index in [1.54, 1.807) is 6.33 Å². The van der Waals surface area contributed by atoms with Gasteiger partial charge in [0.2, 0.25) is 0 Å². The molecule has 4 nitrogen and oxygen atoms in total. The number of anilines is 1. The van der Waals surface area contributed by atoms with Crippen molar-refractivity contribution in [3.63, 3.8) is 0 Å². The summed E-state index contributed by atoms with van der Waals surface area (Å²) >= 11 is 0. The Morgan fingerprint density at radius 3 is 2.58 bits per heavy atom. The lowest BCUT2D eigenvalue weighted by molar-refractivity contribution is 0.404. The lowest BCUT2D eigenvalue weighted by atomic mass is 10.1. The molecule has 1 aromatic rings. The van der Waals surface area contributed by atoms with E-state index in [1.165, 1.54) is 36.3 Å². The lowest BCUT2D eigenvalue weighted by Crippen LogP contribution is -2.54. The summed E-state index contributed by atoms with van der Waals surface area (Å²) in [6.07, 6.45) is 7.92. The molecule has 1 aromatic heterocycles. The molecule has 0 amide bonds. The Morgan fingerprint density at radius 2 is 1.79 bits per heavy atom. The number of rotatable bonds is 1. The van der Waals surface area contributed by atoms with Crippen molar-refractivity contribution in [3.05, 3.63) is 17.6 Å². The van der Waals surface area contributed by atoms with Gasteiger partial charge < -0.3 is 10.2 Å². The maximum Gasteiger partial charge on any atom is 0.135 e. The van der Waals surface area contributed by atoms with Gasteiger partial charge in [0.15, 0.2) is 0 Å². The van der Waals surface area contributed by atoms with Gasteiger partial charge in [0.25, 0.3) is 0 Å². The second kappa shape index (κ2) is 5.45. The van der Waals surface area contributed by atoms with Crippen LogP contribution in [-0.2, 0) is 12.8 Å². The van der Waals surface area contributed by atoms with Crippen LogP contribution in [0, 0.1) is 0 Å². The van der Waals surface area contributed by atoms with Gasteiger partial charge in [-0.05, 0) is 39.5 Å². The molecule has 1 N–H and O–H groups in total. The average molecular weight is 260 g/mol. The number of aryl methyl sites for hydroxylation is 1. The first kappa shape index (κ1) is 12.9. The van der Waals surface area contributed by atoms with Crippen LogP contribution < -0.4 is 10.2 Å². The highest BCUT2D eigenvalue weighted by molar-refractivity contribution is 5.50. The van der Waals surface area contributed by atoms with Gasteiger partial charge in [-0.1, -0.05) is 6.42 Å². The van der Waals surface area contributed by atoms with E-state index in [0.29, 0.717) is 12.1 Å². The summed E-state index contributed by atoms with van der Waals surface area (Å²) in [5, 5.41) is 3.59. The second-order valence-corrected chi connectivity index (χ2v) is 6.06. The molecule has 3 rings (SSSR count). The van der Waals surface area contributed by atoms with Crippen LogP contribution in [0.3, 0.4) is 0 Å². The first-order chi connectivity index (χ1) is 9.24. The topological polar surface area (TPSA) is 41.1 Å². The van der Waals surface area contributed by atoms with Gasteiger partial charge in [-0.2, -0.15) is 0 Å². The van der Waals surface area contributed by atoms with E-state index in [9.17, 15) is 0 Å². The summed E-state index contributed by atoms with van der Waals surface area (Å²) in [6.45, 7) is 6.60.